The molecule has 0 saturated heterocycles. The molecule has 0 fully saturated rings. The van der Waals surface area contributed by atoms with Crippen molar-refractivity contribution >= 4 is 16.9 Å². The third-order valence-corrected chi connectivity index (χ3v) is 2.57. The van der Waals surface area contributed by atoms with Crippen LogP contribution in [-0.4, -0.2) is 22.2 Å². The van der Waals surface area contributed by atoms with Gasteiger partial charge in [0, 0.05) is 22.7 Å². The van der Waals surface area contributed by atoms with E-state index in [4.69, 9.17) is 5.11 Å². The van der Waals surface area contributed by atoms with Crippen LogP contribution in [0, 0.1) is 5.82 Å². The molecule has 0 aliphatic heterocycles. The van der Waals surface area contributed by atoms with Crippen molar-refractivity contribution in [1.82, 2.24) is 4.98 Å². The number of H-pyrrole nitrogens is 1. The van der Waals surface area contributed by atoms with Gasteiger partial charge in [-0.3, -0.25) is 4.79 Å². The maximum absolute atomic E-state index is 13.5. The van der Waals surface area contributed by atoms with Crippen LogP contribution in [0.3, 0.4) is 0 Å². The number of aliphatic carboxylic acids is 1. The lowest BCUT2D eigenvalue weighted by Crippen LogP contribution is -2.28. The number of alkyl halides is 3. The van der Waals surface area contributed by atoms with E-state index in [-0.39, 0.29) is 10.9 Å². The summed E-state index contributed by atoms with van der Waals surface area (Å²) in [4.78, 5) is 13.2. The van der Waals surface area contributed by atoms with Gasteiger partial charge in [-0.05, 0) is 12.1 Å². The first-order chi connectivity index (χ1) is 8.32. The fourth-order valence-electron chi connectivity index (χ4n) is 1.84. The molecule has 1 heterocycles. The van der Waals surface area contributed by atoms with Crippen LogP contribution in [0.4, 0.5) is 17.6 Å². The quantitative estimate of drug-likeness (QED) is 0.816. The maximum Gasteiger partial charge on any atom is 0.406 e. The minimum absolute atomic E-state index is 0.125. The molecular weight excluding hydrogens is 254 g/mol. The minimum atomic E-state index is -4.98. The monoisotopic (exact) mass is 261 g/mol. The molecule has 96 valence electrons. The second-order valence-electron chi connectivity index (χ2n) is 3.72. The fourth-order valence-corrected chi connectivity index (χ4v) is 1.84. The van der Waals surface area contributed by atoms with E-state index in [2.05, 4.69) is 4.98 Å². The molecule has 0 spiro atoms. The molecule has 0 aliphatic rings. The minimum Gasteiger partial charge on any atom is -0.481 e. The summed E-state index contributed by atoms with van der Waals surface area (Å²) in [7, 11) is 0. The standard InChI is InChI=1S/C11H7F4NO2/c12-6-2-1-3-7-8(6)5(4-16-7)9(10(17)18)11(13,14)15/h1-4,9,16H,(H,17,18)/t9-/m1/s1. The lowest BCUT2D eigenvalue weighted by molar-refractivity contribution is -0.176. The summed E-state index contributed by atoms with van der Waals surface area (Å²) >= 11 is 0. The molecule has 0 unspecified atom stereocenters. The zero-order chi connectivity index (χ0) is 13.5. The summed E-state index contributed by atoms with van der Waals surface area (Å²) < 4.78 is 51.5. The van der Waals surface area contributed by atoms with Crippen molar-refractivity contribution in [1.29, 1.82) is 0 Å². The normalized spacial score (nSPS) is 13.8. The van der Waals surface area contributed by atoms with Crippen molar-refractivity contribution in [2.24, 2.45) is 0 Å². The van der Waals surface area contributed by atoms with E-state index in [1.807, 2.05) is 0 Å². The number of carboxylic acids is 1. The third-order valence-electron chi connectivity index (χ3n) is 2.57. The Balaban J connectivity index is 2.70. The van der Waals surface area contributed by atoms with Gasteiger partial charge in [-0.15, -0.1) is 0 Å². The van der Waals surface area contributed by atoms with Crippen molar-refractivity contribution in [2.45, 2.75) is 12.1 Å². The molecule has 2 aromatic rings. The molecule has 1 aromatic heterocycles. The molecule has 0 saturated carbocycles. The number of carboxylic acid groups (broad SMARTS) is 1. The summed E-state index contributed by atoms with van der Waals surface area (Å²) in [6, 6.07) is 3.67. The van der Waals surface area contributed by atoms with Gasteiger partial charge < -0.3 is 10.1 Å². The van der Waals surface area contributed by atoms with Crippen LogP contribution in [0.25, 0.3) is 10.9 Å². The molecule has 7 heteroatoms. The van der Waals surface area contributed by atoms with Crippen molar-refractivity contribution < 1.29 is 27.5 Å². The predicted octanol–water partition coefficient (Wildman–Crippen LogP) is 3.04. The van der Waals surface area contributed by atoms with Crippen molar-refractivity contribution in [2.75, 3.05) is 0 Å². The SMILES string of the molecule is O=C(O)[C@@H](c1c[nH]c2cccc(F)c12)C(F)(F)F. The van der Waals surface area contributed by atoms with Crippen LogP contribution in [0.5, 0.6) is 0 Å². The van der Waals surface area contributed by atoms with Gasteiger partial charge in [-0.25, -0.2) is 4.39 Å². The highest BCUT2D eigenvalue weighted by molar-refractivity contribution is 5.90. The first-order valence-electron chi connectivity index (χ1n) is 4.87. The van der Waals surface area contributed by atoms with Crippen molar-refractivity contribution in [3.8, 4) is 0 Å². The van der Waals surface area contributed by atoms with E-state index >= 15 is 0 Å². The van der Waals surface area contributed by atoms with Gasteiger partial charge in [0.2, 0.25) is 0 Å². The molecule has 2 rings (SSSR count). The Morgan fingerprint density at radius 2 is 2.00 bits per heavy atom. The Morgan fingerprint density at radius 3 is 2.56 bits per heavy atom. The Morgan fingerprint density at radius 1 is 1.33 bits per heavy atom. The molecule has 1 atom stereocenters. The second kappa shape index (κ2) is 4.01. The van der Waals surface area contributed by atoms with Gasteiger partial charge in [0.25, 0.3) is 0 Å². The maximum atomic E-state index is 13.5. The lowest BCUT2D eigenvalue weighted by Gasteiger charge is -2.15. The Labute approximate surface area is 98.0 Å². The van der Waals surface area contributed by atoms with Crippen molar-refractivity contribution in [3.63, 3.8) is 0 Å². The van der Waals surface area contributed by atoms with Crippen LogP contribution >= 0.6 is 0 Å². The molecular formula is C11H7F4NO2. The molecule has 0 radical (unpaired) electrons. The number of aromatic nitrogens is 1. The van der Waals surface area contributed by atoms with Gasteiger partial charge in [0.05, 0.1) is 0 Å². The number of benzene rings is 1. The third kappa shape index (κ3) is 1.92. The molecule has 0 bridgehead atoms. The highest BCUT2D eigenvalue weighted by Gasteiger charge is 2.47. The number of hydrogen-bond donors (Lipinski definition) is 2. The van der Waals surface area contributed by atoms with E-state index < -0.39 is 29.4 Å². The number of nitrogens with one attached hydrogen (secondary N) is 1. The van der Waals surface area contributed by atoms with E-state index in [0.717, 1.165) is 12.3 Å². The number of fused-ring (bicyclic) bond motifs is 1. The molecule has 0 amide bonds. The molecule has 0 aliphatic carbocycles. The van der Waals surface area contributed by atoms with E-state index in [1.54, 1.807) is 0 Å². The van der Waals surface area contributed by atoms with Crippen LogP contribution < -0.4 is 0 Å². The molecule has 3 nitrogen and oxygen atoms in total. The molecule has 2 N–H and O–H groups in total. The summed E-state index contributed by atoms with van der Waals surface area (Å²) in [6.45, 7) is 0. The van der Waals surface area contributed by atoms with Crippen LogP contribution in [0.15, 0.2) is 24.4 Å². The predicted molar refractivity (Wildman–Crippen MR) is 54.7 cm³/mol. The number of rotatable bonds is 2. The zero-order valence-corrected chi connectivity index (χ0v) is 8.75. The van der Waals surface area contributed by atoms with E-state index in [0.29, 0.717) is 0 Å². The first-order valence-corrected chi connectivity index (χ1v) is 4.87. The van der Waals surface area contributed by atoms with Gasteiger partial charge >= 0.3 is 12.1 Å². The highest BCUT2D eigenvalue weighted by atomic mass is 19.4. The smallest absolute Gasteiger partial charge is 0.406 e. The summed E-state index contributed by atoms with van der Waals surface area (Å²) in [5.41, 5.74) is -0.497. The second-order valence-corrected chi connectivity index (χ2v) is 3.72. The summed E-state index contributed by atoms with van der Waals surface area (Å²) in [6.07, 6.45) is -4.11. The first kappa shape index (κ1) is 12.4. The van der Waals surface area contributed by atoms with Crippen LogP contribution in [0.2, 0.25) is 0 Å². The number of aromatic amines is 1. The average Bonchev–Trinajstić information content (AvgIpc) is 2.60. The zero-order valence-electron chi connectivity index (χ0n) is 8.75. The number of hydrogen-bond acceptors (Lipinski definition) is 1. The van der Waals surface area contributed by atoms with Gasteiger partial charge in [0.15, 0.2) is 5.92 Å². The topological polar surface area (TPSA) is 53.1 Å². The Kier molecular flexibility index (Phi) is 2.76. The molecule has 18 heavy (non-hydrogen) atoms. The number of halogens is 4. The van der Waals surface area contributed by atoms with Gasteiger partial charge in [-0.1, -0.05) is 6.07 Å². The van der Waals surface area contributed by atoms with Crippen LogP contribution in [-0.2, 0) is 4.79 Å². The van der Waals surface area contributed by atoms with E-state index in [1.165, 1.54) is 12.1 Å². The highest BCUT2D eigenvalue weighted by Crippen LogP contribution is 2.39. The largest absolute Gasteiger partial charge is 0.481 e. The van der Waals surface area contributed by atoms with Gasteiger partial charge in [0.1, 0.15) is 5.82 Å². The lowest BCUT2D eigenvalue weighted by atomic mass is 9.98. The number of carbonyl (C=O) groups is 1. The van der Waals surface area contributed by atoms with Gasteiger partial charge in [-0.2, -0.15) is 13.2 Å². The van der Waals surface area contributed by atoms with Crippen LogP contribution in [0.1, 0.15) is 11.5 Å². The summed E-state index contributed by atoms with van der Waals surface area (Å²) in [5.74, 6) is -5.70. The Hall–Kier alpha value is -2.05. The Bertz CT molecular complexity index is 603. The summed E-state index contributed by atoms with van der Waals surface area (Å²) in [5, 5.41) is 8.33. The molecule has 1 aromatic carbocycles. The fraction of sp³-hybridized carbons (Fsp3) is 0.182. The van der Waals surface area contributed by atoms with Crippen molar-refractivity contribution in [3.05, 3.63) is 35.8 Å². The average molecular weight is 261 g/mol. The van der Waals surface area contributed by atoms with E-state index in [9.17, 15) is 22.4 Å².